The van der Waals surface area contributed by atoms with Gasteiger partial charge in [0, 0.05) is 11.1 Å². The predicted molar refractivity (Wildman–Crippen MR) is 127 cm³/mol. The molecule has 4 N–H and O–H groups in total. The topological polar surface area (TPSA) is 139 Å². The highest BCUT2D eigenvalue weighted by Gasteiger charge is 2.37. The van der Waals surface area contributed by atoms with Gasteiger partial charge in [-0.3, -0.25) is 0 Å². The normalized spacial score (nSPS) is 14.9. The van der Waals surface area contributed by atoms with Crippen molar-refractivity contribution in [1.29, 1.82) is 5.26 Å². The van der Waals surface area contributed by atoms with Crippen LogP contribution in [0.15, 0.2) is 53.9 Å². The number of ether oxygens (including phenoxy) is 4. The summed E-state index contributed by atoms with van der Waals surface area (Å²) in [7, 11) is 4.57. The van der Waals surface area contributed by atoms with Gasteiger partial charge in [-0.1, -0.05) is 18.2 Å². The molecular weight excluding hydrogens is 434 g/mol. The molecule has 9 nitrogen and oxygen atoms in total. The number of para-hydroxylation sites is 2. The fraction of sp³-hybridized carbons (Fsp3) is 0.160. The third-order valence-corrected chi connectivity index (χ3v) is 5.87. The number of nitrogen functional groups attached to an aromatic ring is 1. The number of methoxy groups -OCH3 is 3. The lowest BCUT2D eigenvalue weighted by Gasteiger charge is -2.29. The van der Waals surface area contributed by atoms with E-state index < -0.39 is 5.92 Å². The molecular formula is C25H21N5O4. The second kappa shape index (κ2) is 8.01. The van der Waals surface area contributed by atoms with E-state index in [4.69, 9.17) is 40.4 Å². The molecule has 1 atom stereocenters. The van der Waals surface area contributed by atoms with E-state index >= 15 is 0 Å². The Morgan fingerprint density at radius 1 is 0.912 bits per heavy atom. The highest BCUT2D eigenvalue weighted by Crippen LogP contribution is 2.52. The zero-order valence-electron chi connectivity index (χ0n) is 18.7. The number of rotatable bonds is 4. The van der Waals surface area contributed by atoms with Crippen LogP contribution in [-0.2, 0) is 0 Å². The molecule has 34 heavy (non-hydrogen) atoms. The molecule has 0 radical (unpaired) electrons. The maximum atomic E-state index is 10.1. The van der Waals surface area contributed by atoms with Gasteiger partial charge >= 0.3 is 0 Å². The number of hydrogen-bond acceptors (Lipinski definition) is 9. The van der Waals surface area contributed by atoms with Crippen LogP contribution in [0.3, 0.4) is 0 Å². The summed E-state index contributed by atoms with van der Waals surface area (Å²) in [5.74, 6) is 0.840. The number of hydrogen-bond donors (Lipinski definition) is 2. The third-order valence-electron chi connectivity index (χ3n) is 5.87. The van der Waals surface area contributed by atoms with E-state index in [0.717, 1.165) is 5.52 Å². The SMILES string of the molecule is COc1ccc(C2C(C#N)=C(N)Oc3c(N)cc4nc5ccccc5nc4c32)c(OC)c1OC. The highest BCUT2D eigenvalue weighted by atomic mass is 16.5. The standard InChI is InChI=1S/C25H21N5O4/c1-31-18-9-8-12(22(32-2)24(18)33-3)19-13(11-26)25(28)34-23-14(27)10-17-21(20(19)23)30-16-7-5-4-6-15(16)29-17/h4-10,19H,27-28H2,1-3H3. The minimum atomic E-state index is -0.704. The van der Waals surface area contributed by atoms with Crippen LogP contribution in [0.1, 0.15) is 17.0 Å². The first-order valence-electron chi connectivity index (χ1n) is 10.4. The van der Waals surface area contributed by atoms with Gasteiger partial charge < -0.3 is 30.4 Å². The largest absolute Gasteiger partial charge is 0.493 e. The molecule has 0 amide bonds. The number of nitrogens with zero attached hydrogens (tertiary/aromatic N) is 3. The zero-order valence-corrected chi connectivity index (χ0v) is 18.7. The summed E-state index contributed by atoms with van der Waals surface area (Å²) in [4.78, 5) is 9.61. The summed E-state index contributed by atoms with van der Waals surface area (Å²) in [5, 5.41) is 10.1. The Labute approximate surface area is 195 Å². The number of benzene rings is 3. The minimum Gasteiger partial charge on any atom is -0.493 e. The van der Waals surface area contributed by atoms with Gasteiger partial charge in [-0.25, -0.2) is 9.97 Å². The third kappa shape index (κ3) is 3.00. The van der Waals surface area contributed by atoms with Crippen molar-refractivity contribution in [2.75, 3.05) is 27.1 Å². The Balaban J connectivity index is 1.91. The molecule has 2 heterocycles. The lowest BCUT2D eigenvalue weighted by molar-refractivity contribution is 0.321. The molecule has 9 heteroatoms. The predicted octanol–water partition coefficient (Wildman–Crippen LogP) is 3.61. The van der Waals surface area contributed by atoms with Gasteiger partial charge in [-0.2, -0.15) is 5.26 Å². The average molecular weight is 455 g/mol. The molecule has 170 valence electrons. The number of fused-ring (bicyclic) bond motifs is 4. The molecule has 0 saturated heterocycles. The Morgan fingerprint density at radius 2 is 1.62 bits per heavy atom. The zero-order chi connectivity index (χ0) is 24.0. The Morgan fingerprint density at radius 3 is 2.26 bits per heavy atom. The van der Waals surface area contributed by atoms with Crippen molar-refractivity contribution in [2.24, 2.45) is 5.73 Å². The van der Waals surface area contributed by atoms with Gasteiger partial charge in [0.2, 0.25) is 11.6 Å². The molecule has 5 rings (SSSR count). The number of allylic oxidation sites excluding steroid dienone is 1. The fourth-order valence-corrected chi connectivity index (χ4v) is 4.40. The van der Waals surface area contributed by atoms with E-state index in [1.807, 2.05) is 24.3 Å². The number of aromatic nitrogens is 2. The van der Waals surface area contributed by atoms with Crippen LogP contribution >= 0.6 is 0 Å². The van der Waals surface area contributed by atoms with Gasteiger partial charge in [0.1, 0.15) is 11.6 Å². The first-order valence-corrected chi connectivity index (χ1v) is 10.4. The van der Waals surface area contributed by atoms with Crippen LogP contribution in [0.2, 0.25) is 0 Å². The van der Waals surface area contributed by atoms with E-state index in [1.165, 1.54) is 21.3 Å². The van der Waals surface area contributed by atoms with Crippen LogP contribution in [0.25, 0.3) is 22.1 Å². The smallest absolute Gasteiger partial charge is 0.205 e. The molecule has 4 aromatic rings. The molecule has 0 bridgehead atoms. The first-order chi connectivity index (χ1) is 16.5. The van der Waals surface area contributed by atoms with Gasteiger partial charge in [0.15, 0.2) is 17.2 Å². The molecule has 0 fully saturated rings. The molecule has 1 unspecified atom stereocenters. The molecule has 0 spiro atoms. The van der Waals surface area contributed by atoms with Crippen LogP contribution in [0.5, 0.6) is 23.0 Å². The van der Waals surface area contributed by atoms with E-state index in [9.17, 15) is 5.26 Å². The van der Waals surface area contributed by atoms with Gasteiger partial charge in [0.25, 0.3) is 0 Å². The molecule has 1 aliphatic rings. The summed E-state index contributed by atoms with van der Waals surface area (Å²) in [6, 6.07) is 15.0. The Bertz CT molecular complexity index is 1540. The van der Waals surface area contributed by atoms with Crippen LogP contribution < -0.4 is 30.4 Å². The molecule has 1 aliphatic heterocycles. The van der Waals surface area contributed by atoms with Crippen LogP contribution in [0, 0.1) is 11.3 Å². The lowest BCUT2D eigenvalue weighted by Crippen LogP contribution is -2.23. The van der Waals surface area contributed by atoms with Crippen LogP contribution in [0.4, 0.5) is 5.69 Å². The van der Waals surface area contributed by atoms with Crippen molar-refractivity contribution in [3.63, 3.8) is 0 Å². The Hall–Kier alpha value is -4.71. The molecule has 3 aromatic carbocycles. The summed E-state index contributed by atoms with van der Waals surface area (Å²) >= 11 is 0. The van der Waals surface area contributed by atoms with Crippen LogP contribution in [-0.4, -0.2) is 31.3 Å². The Kier molecular flexibility index (Phi) is 4.98. The van der Waals surface area contributed by atoms with Crippen molar-refractivity contribution >= 4 is 27.8 Å². The number of nitriles is 1. The average Bonchev–Trinajstić information content (AvgIpc) is 2.86. The highest BCUT2D eigenvalue weighted by molar-refractivity contribution is 5.94. The molecule has 0 saturated carbocycles. The van der Waals surface area contributed by atoms with Crippen molar-refractivity contribution in [3.8, 4) is 29.1 Å². The minimum absolute atomic E-state index is 0.0448. The lowest BCUT2D eigenvalue weighted by atomic mass is 9.81. The summed E-state index contributed by atoms with van der Waals surface area (Å²) in [5.41, 5.74) is 16.8. The van der Waals surface area contributed by atoms with Gasteiger partial charge in [-0.15, -0.1) is 0 Å². The molecule has 1 aromatic heterocycles. The van der Waals surface area contributed by atoms with E-state index in [2.05, 4.69) is 6.07 Å². The van der Waals surface area contributed by atoms with E-state index in [0.29, 0.717) is 56.4 Å². The second-order valence-corrected chi connectivity index (χ2v) is 7.64. The van der Waals surface area contributed by atoms with E-state index in [1.54, 1.807) is 18.2 Å². The monoisotopic (exact) mass is 455 g/mol. The number of anilines is 1. The van der Waals surface area contributed by atoms with Gasteiger partial charge in [-0.05, 0) is 24.3 Å². The fourth-order valence-electron chi connectivity index (χ4n) is 4.40. The summed E-state index contributed by atoms with van der Waals surface area (Å²) < 4.78 is 22.6. The summed E-state index contributed by atoms with van der Waals surface area (Å²) in [6.07, 6.45) is 0. The first kappa shape index (κ1) is 21.2. The second-order valence-electron chi connectivity index (χ2n) is 7.64. The maximum absolute atomic E-state index is 10.1. The van der Waals surface area contributed by atoms with Crippen molar-refractivity contribution in [2.45, 2.75) is 5.92 Å². The molecule has 0 aliphatic carbocycles. The van der Waals surface area contributed by atoms with Crippen molar-refractivity contribution < 1.29 is 18.9 Å². The number of nitrogens with two attached hydrogens (primary N) is 2. The van der Waals surface area contributed by atoms with Gasteiger partial charge in [0.05, 0.1) is 55.0 Å². The summed E-state index contributed by atoms with van der Waals surface area (Å²) in [6.45, 7) is 0. The van der Waals surface area contributed by atoms with E-state index in [-0.39, 0.29) is 11.5 Å². The van der Waals surface area contributed by atoms with Crippen molar-refractivity contribution in [3.05, 3.63) is 65.0 Å². The quantitative estimate of drug-likeness (QED) is 0.349. The van der Waals surface area contributed by atoms with Crippen molar-refractivity contribution in [1.82, 2.24) is 9.97 Å². The maximum Gasteiger partial charge on any atom is 0.205 e.